The van der Waals surface area contributed by atoms with Gasteiger partial charge in [0.25, 0.3) is 0 Å². The Morgan fingerprint density at radius 1 is 1.47 bits per heavy atom. The molecule has 1 aliphatic carbocycles. The van der Waals surface area contributed by atoms with Crippen LogP contribution in [-0.4, -0.2) is 24.7 Å². The summed E-state index contributed by atoms with van der Waals surface area (Å²) in [7, 11) is 1.36. The summed E-state index contributed by atoms with van der Waals surface area (Å²) in [6.07, 6.45) is 6.62. The van der Waals surface area contributed by atoms with E-state index in [0.717, 1.165) is 0 Å². The zero-order valence-electron chi connectivity index (χ0n) is 10.0. The lowest BCUT2D eigenvalue weighted by Gasteiger charge is -2.10. The zero-order chi connectivity index (χ0) is 12.1. The third kappa shape index (κ3) is 3.19. The average molecular weight is 235 g/mol. The largest absolute Gasteiger partial charge is 0.477 e. The fourth-order valence-electron chi connectivity index (χ4n) is 2.11. The van der Waals surface area contributed by atoms with Crippen molar-refractivity contribution < 1.29 is 14.3 Å². The van der Waals surface area contributed by atoms with Gasteiger partial charge < -0.3 is 9.47 Å². The molecule has 0 aromatic carbocycles. The Labute approximate surface area is 101 Å². The zero-order valence-corrected chi connectivity index (χ0v) is 10.0. The van der Waals surface area contributed by atoms with Gasteiger partial charge in [-0.25, -0.2) is 9.78 Å². The maximum Gasteiger partial charge on any atom is 0.338 e. The summed E-state index contributed by atoms with van der Waals surface area (Å²) in [6, 6.07) is 3.25. The molecule has 0 amide bonds. The summed E-state index contributed by atoms with van der Waals surface area (Å²) in [6.45, 7) is 0.692. The second kappa shape index (κ2) is 5.66. The predicted octanol–water partition coefficient (Wildman–Crippen LogP) is 2.44. The van der Waals surface area contributed by atoms with Crippen molar-refractivity contribution in [1.29, 1.82) is 0 Å². The molecule has 0 atom stereocenters. The minimum atomic E-state index is -0.363. The molecule has 0 N–H and O–H groups in total. The fraction of sp³-hybridized carbons (Fsp3) is 0.538. The number of nitrogens with zero attached hydrogens (tertiary/aromatic N) is 1. The molecule has 1 aromatic heterocycles. The lowest BCUT2D eigenvalue weighted by molar-refractivity contribution is 0.0600. The van der Waals surface area contributed by atoms with Gasteiger partial charge in [0, 0.05) is 12.3 Å². The van der Waals surface area contributed by atoms with Gasteiger partial charge in [0.15, 0.2) is 0 Å². The topological polar surface area (TPSA) is 48.4 Å². The first kappa shape index (κ1) is 11.9. The highest BCUT2D eigenvalue weighted by molar-refractivity contribution is 5.89. The first-order valence-corrected chi connectivity index (χ1v) is 5.97. The summed E-state index contributed by atoms with van der Waals surface area (Å²) < 4.78 is 10.3. The molecule has 0 bridgehead atoms. The Kier molecular flexibility index (Phi) is 3.96. The quantitative estimate of drug-likeness (QED) is 0.752. The number of carbonyl (C=O) groups is 1. The van der Waals surface area contributed by atoms with Crippen molar-refractivity contribution in [2.45, 2.75) is 25.7 Å². The van der Waals surface area contributed by atoms with Crippen molar-refractivity contribution in [2.75, 3.05) is 13.7 Å². The second-order valence-electron chi connectivity index (χ2n) is 4.34. The fourth-order valence-corrected chi connectivity index (χ4v) is 2.11. The summed E-state index contributed by atoms with van der Waals surface area (Å²) in [5, 5.41) is 0. The molecule has 4 heteroatoms. The molecule has 1 saturated carbocycles. The van der Waals surface area contributed by atoms with Gasteiger partial charge in [0.2, 0.25) is 5.88 Å². The molecule has 2 rings (SSSR count). The Balaban J connectivity index is 1.93. The van der Waals surface area contributed by atoms with Crippen LogP contribution in [-0.2, 0) is 4.74 Å². The van der Waals surface area contributed by atoms with Crippen LogP contribution in [0.15, 0.2) is 18.3 Å². The monoisotopic (exact) mass is 235 g/mol. The van der Waals surface area contributed by atoms with Crippen LogP contribution in [0.3, 0.4) is 0 Å². The maximum atomic E-state index is 11.3. The van der Waals surface area contributed by atoms with Crippen molar-refractivity contribution in [3.8, 4) is 5.88 Å². The highest BCUT2D eigenvalue weighted by atomic mass is 16.5. The third-order valence-corrected chi connectivity index (χ3v) is 3.10. The molecular weight excluding hydrogens is 218 g/mol. The molecule has 0 radical (unpaired) electrons. The molecule has 4 nitrogen and oxygen atoms in total. The standard InChI is InChI=1S/C13H17NO3/c1-16-13(15)11-6-7-14-12(8-11)17-9-10-4-2-3-5-10/h6-8,10H,2-5,9H2,1H3. The van der Waals surface area contributed by atoms with E-state index in [-0.39, 0.29) is 5.97 Å². The number of pyridine rings is 1. The molecule has 0 unspecified atom stereocenters. The van der Waals surface area contributed by atoms with Crippen molar-refractivity contribution in [1.82, 2.24) is 4.98 Å². The van der Waals surface area contributed by atoms with E-state index in [1.165, 1.54) is 32.8 Å². The van der Waals surface area contributed by atoms with E-state index < -0.39 is 0 Å². The average Bonchev–Trinajstić information content (AvgIpc) is 2.89. The Hall–Kier alpha value is -1.58. The molecular formula is C13H17NO3. The van der Waals surface area contributed by atoms with E-state index in [1.54, 1.807) is 18.3 Å². The summed E-state index contributed by atoms with van der Waals surface area (Å²) in [5.41, 5.74) is 0.476. The number of methoxy groups -OCH3 is 1. The molecule has 1 fully saturated rings. The van der Waals surface area contributed by atoms with Gasteiger partial charge in [0.1, 0.15) is 0 Å². The van der Waals surface area contributed by atoms with Crippen molar-refractivity contribution >= 4 is 5.97 Å². The Bertz CT molecular complexity index is 386. The summed E-state index contributed by atoms with van der Waals surface area (Å²) in [4.78, 5) is 15.4. The van der Waals surface area contributed by atoms with E-state index in [9.17, 15) is 4.79 Å². The van der Waals surface area contributed by atoms with E-state index in [2.05, 4.69) is 9.72 Å². The van der Waals surface area contributed by atoms with Gasteiger partial charge in [-0.3, -0.25) is 0 Å². The molecule has 17 heavy (non-hydrogen) atoms. The molecule has 0 aliphatic heterocycles. The Morgan fingerprint density at radius 3 is 2.94 bits per heavy atom. The molecule has 0 saturated heterocycles. The number of hydrogen-bond donors (Lipinski definition) is 0. The van der Waals surface area contributed by atoms with Crippen LogP contribution in [0.1, 0.15) is 36.0 Å². The number of carbonyl (C=O) groups excluding carboxylic acids is 1. The van der Waals surface area contributed by atoms with E-state index >= 15 is 0 Å². The molecule has 1 aromatic rings. The predicted molar refractivity (Wildman–Crippen MR) is 63.0 cm³/mol. The van der Waals surface area contributed by atoms with Crippen LogP contribution >= 0.6 is 0 Å². The van der Waals surface area contributed by atoms with Crippen LogP contribution in [0.2, 0.25) is 0 Å². The smallest absolute Gasteiger partial charge is 0.338 e. The number of hydrogen-bond acceptors (Lipinski definition) is 4. The highest BCUT2D eigenvalue weighted by Crippen LogP contribution is 2.25. The minimum absolute atomic E-state index is 0.363. The van der Waals surface area contributed by atoms with Gasteiger partial charge >= 0.3 is 5.97 Å². The number of ether oxygens (including phenoxy) is 2. The number of rotatable bonds is 4. The van der Waals surface area contributed by atoms with Gasteiger partial charge in [-0.2, -0.15) is 0 Å². The second-order valence-corrected chi connectivity index (χ2v) is 4.34. The minimum Gasteiger partial charge on any atom is -0.477 e. The van der Waals surface area contributed by atoms with Crippen molar-refractivity contribution in [2.24, 2.45) is 5.92 Å². The summed E-state index contributed by atoms with van der Waals surface area (Å²) in [5.74, 6) is 0.775. The van der Waals surface area contributed by atoms with E-state index in [1.807, 2.05) is 0 Å². The molecule has 1 aliphatic rings. The van der Waals surface area contributed by atoms with Crippen molar-refractivity contribution in [3.05, 3.63) is 23.9 Å². The normalized spacial score (nSPS) is 15.8. The van der Waals surface area contributed by atoms with Gasteiger partial charge in [-0.15, -0.1) is 0 Å². The van der Waals surface area contributed by atoms with Crippen LogP contribution in [0.5, 0.6) is 5.88 Å². The van der Waals surface area contributed by atoms with Crippen LogP contribution < -0.4 is 4.74 Å². The first-order valence-electron chi connectivity index (χ1n) is 5.97. The molecule has 1 heterocycles. The van der Waals surface area contributed by atoms with Crippen LogP contribution in [0.4, 0.5) is 0 Å². The van der Waals surface area contributed by atoms with Gasteiger partial charge in [-0.1, -0.05) is 12.8 Å². The highest BCUT2D eigenvalue weighted by Gasteiger charge is 2.16. The maximum absolute atomic E-state index is 11.3. The SMILES string of the molecule is COC(=O)c1ccnc(OCC2CCCC2)c1. The van der Waals surface area contributed by atoms with E-state index in [0.29, 0.717) is 24.0 Å². The van der Waals surface area contributed by atoms with E-state index in [4.69, 9.17) is 4.74 Å². The van der Waals surface area contributed by atoms with Crippen LogP contribution in [0, 0.1) is 5.92 Å². The molecule has 92 valence electrons. The lowest BCUT2D eigenvalue weighted by Crippen LogP contribution is -2.09. The number of aromatic nitrogens is 1. The summed E-state index contributed by atoms with van der Waals surface area (Å²) >= 11 is 0. The van der Waals surface area contributed by atoms with Gasteiger partial charge in [0.05, 0.1) is 19.3 Å². The van der Waals surface area contributed by atoms with Crippen LogP contribution in [0.25, 0.3) is 0 Å². The number of esters is 1. The Morgan fingerprint density at radius 2 is 2.24 bits per heavy atom. The first-order chi connectivity index (χ1) is 8.29. The molecule has 0 spiro atoms. The van der Waals surface area contributed by atoms with Crippen molar-refractivity contribution in [3.63, 3.8) is 0 Å². The van der Waals surface area contributed by atoms with Gasteiger partial charge in [-0.05, 0) is 24.8 Å². The third-order valence-electron chi connectivity index (χ3n) is 3.10. The lowest BCUT2D eigenvalue weighted by atomic mass is 10.1.